The van der Waals surface area contributed by atoms with Gasteiger partial charge in [0.1, 0.15) is 0 Å². The van der Waals surface area contributed by atoms with Gasteiger partial charge in [-0.2, -0.15) is 0 Å². The second-order valence-electron chi connectivity index (χ2n) is 7.50. The molecule has 0 unspecified atom stereocenters. The summed E-state index contributed by atoms with van der Waals surface area (Å²) in [6.45, 7) is 1.86. The third kappa shape index (κ3) is 3.74. The van der Waals surface area contributed by atoms with E-state index in [-0.39, 0.29) is 17.0 Å². The number of fused-ring (bicyclic) bond motifs is 1. The lowest BCUT2D eigenvalue weighted by Crippen LogP contribution is -2.11. The van der Waals surface area contributed by atoms with E-state index in [0.717, 1.165) is 22.2 Å². The van der Waals surface area contributed by atoms with Gasteiger partial charge in [-0.3, -0.25) is 4.79 Å². The SMILES string of the molecule is COC(=O)c1cccc(-c2c(C)c(C(=O)c3ccc(N)c(C(=O)OC)c3)n3ccccc23)c1. The Bertz CT molecular complexity index is 1420. The summed E-state index contributed by atoms with van der Waals surface area (Å²) in [6, 6.07) is 17.3. The molecule has 4 aromatic rings. The molecule has 33 heavy (non-hydrogen) atoms. The minimum absolute atomic E-state index is 0.132. The van der Waals surface area contributed by atoms with Crippen molar-refractivity contribution in [2.24, 2.45) is 0 Å². The maximum absolute atomic E-state index is 13.6. The van der Waals surface area contributed by atoms with E-state index in [0.29, 0.717) is 16.8 Å². The van der Waals surface area contributed by atoms with Crippen LogP contribution in [0.3, 0.4) is 0 Å². The van der Waals surface area contributed by atoms with Gasteiger partial charge in [-0.25, -0.2) is 9.59 Å². The number of carbonyl (C=O) groups is 3. The highest BCUT2D eigenvalue weighted by molar-refractivity contribution is 6.13. The van der Waals surface area contributed by atoms with E-state index < -0.39 is 11.9 Å². The first-order valence-electron chi connectivity index (χ1n) is 10.2. The fraction of sp³-hybridized carbons (Fsp3) is 0.115. The molecule has 0 radical (unpaired) electrons. The molecule has 2 aromatic heterocycles. The topological polar surface area (TPSA) is 100 Å². The van der Waals surface area contributed by atoms with E-state index in [1.807, 2.05) is 41.8 Å². The number of hydrogen-bond acceptors (Lipinski definition) is 6. The van der Waals surface area contributed by atoms with Crippen LogP contribution >= 0.6 is 0 Å². The first-order chi connectivity index (χ1) is 15.9. The molecule has 0 aliphatic heterocycles. The zero-order valence-electron chi connectivity index (χ0n) is 18.4. The molecule has 0 aliphatic rings. The molecule has 2 aromatic carbocycles. The minimum Gasteiger partial charge on any atom is -0.465 e. The maximum Gasteiger partial charge on any atom is 0.339 e. The fourth-order valence-electron chi connectivity index (χ4n) is 4.02. The molecule has 7 nitrogen and oxygen atoms in total. The minimum atomic E-state index is -0.612. The zero-order chi connectivity index (χ0) is 23.7. The van der Waals surface area contributed by atoms with Crippen LogP contribution in [0.2, 0.25) is 0 Å². The van der Waals surface area contributed by atoms with Crippen LogP contribution in [0.25, 0.3) is 16.6 Å². The zero-order valence-corrected chi connectivity index (χ0v) is 18.4. The predicted molar refractivity (Wildman–Crippen MR) is 125 cm³/mol. The van der Waals surface area contributed by atoms with E-state index in [4.69, 9.17) is 15.2 Å². The molecule has 0 aliphatic carbocycles. The highest BCUT2D eigenvalue weighted by atomic mass is 16.5. The monoisotopic (exact) mass is 442 g/mol. The molecule has 0 spiro atoms. The van der Waals surface area contributed by atoms with Crippen molar-refractivity contribution in [2.75, 3.05) is 20.0 Å². The van der Waals surface area contributed by atoms with Gasteiger partial charge in [-0.05, 0) is 60.5 Å². The number of nitrogen functional groups attached to an aromatic ring is 1. The van der Waals surface area contributed by atoms with Gasteiger partial charge in [0.2, 0.25) is 5.78 Å². The molecule has 4 rings (SSSR count). The molecule has 0 bridgehead atoms. The van der Waals surface area contributed by atoms with E-state index in [1.54, 1.807) is 24.3 Å². The van der Waals surface area contributed by atoms with Gasteiger partial charge in [0, 0.05) is 23.0 Å². The molecule has 2 N–H and O–H groups in total. The number of rotatable bonds is 5. The Labute approximate surface area is 190 Å². The molecule has 0 saturated carbocycles. The highest BCUT2D eigenvalue weighted by Gasteiger charge is 2.24. The average Bonchev–Trinajstić information content (AvgIpc) is 3.14. The summed E-state index contributed by atoms with van der Waals surface area (Å²) in [5, 5.41) is 0. The summed E-state index contributed by atoms with van der Waals surface area (Å²) >= 11 is 0. The second-order valence-corrected chi connectivity index (χ2v) is 7.50. The van der Waals surface area contributed by atoms with Crippen molar-refractivity contribution in [3.8, 4) is 11.1 Å². The van der Waals surface area contributed by atoms with Gasteiger partial charge < -0.3 is 19.6 Å². The van der Waals surface area contributed by atoms with Gasteiger partial charge in [0.15, 0.2) is 0 Å². The summed E-state index contributed by atoms with van der Waals surface area (Å²) < 4.78 is 11.4. The molecule has 0 atom stereocenters. The number of nitrogens with zero attached hydrogens (tertiary/aromatic N) is 1. The van der Waals surface area contributed by atoms with Gasteiger partial charge in [-0.1, -0.05) is 18.2 Å². The van der Waals surface area contributed by atoms with Crippen LogP contribution in [-0.4, -0.2) is 36.3 Å². The molecular weight excluding hydrogens is 420 g/mol. The molecular formula is C26H22N2O5. The summed E-state index contributed by atoms with van der Waals surface area (Å²) in [7, 11) is 2.59. The number of pyridine rings is 1. The fourth-order valence-corrected chi connectivity index (χ4v) is 4.02. The van der Waals surface area contributed by atoms with Gasteiger partial charge in [0.05, 0.1) is 36.6 Å². The van der Waals surface area contributed by atoms with Crippen LogP contribution in [-0.2, 0) is 9.47 Å². The first kappa shape index (κ1) is 21.8. The number of carbonyl (C=O) groups excluding carboxylic acids is 3. The van der Waals surface area contributed by atoms with Crippen LogP contribution in [0, 0.1) is 6.92 Å². The van der Waals surface area contributed by atoms with Crippen LogP contribution in [0.15, 0.2) is 66.9 Å². The van der Waals surface area contributed by atoms with E-state index in [2.05, 4.69) is 0 Å². The van der Waals surface area contributed by atoms with Crippen LogP contribution < -0.4 is 5.73 Å². The van der Waals surface area contributed by atoms with E-state index >= 15 is 0 Å². The standard InChI is InChI=1S/C26H22N2O5/c1-15-22(16-7-6-8-18(13-16)25(30)32-2)21-9-4-5-12-28(21)23(15)24(29)17-10-11-20(27)19(14-17)26(31)33-3/h4-14H,27H2,1-3H3. The van der Waals surface area contributed by atoms with Crippen molar-refractivity contribution in [3.05, 3.63) is 94.8 Å². The molecule has 7 heteroatoms. The maximum atomic E-state index is 13.6. The molecule has 2 heterocycles. The highest BCUT2D eigenvalue weighted by Crippen LogP contribution is 2.34. The van der Waals surface area contributed by atoms with Crippen molar-refractivity contribution >= 4 is 28.9 Å². The predicted octanol–water partition coefficient (Wildman–Crippen LogP) is 4.30. The van der Waals surface area contributed by atoms with Crippen molar-refractivity contribution in [1.82, 2.24) is 4.40 Å². The normalized spacial score (nSPS) is 10.8. The van der Waals surface area contributed by atoms with E-state index in [9.17, 15) is 14.4 Å². The quantitative estimate of drug-likeness (QED) is 0.281. The average molecular weight is 442 g/mol. The van der Waals surface area contributed by atoms with Gasteiger partial charge >= 0.3 is 11.9 Å². The largest absolute Gasteiger partial charge is 0.465 e. The van der Waals surface area contributed by atoms with Gasteiger partial charge in [0.25, 0.3) is 0 Å². The number of esters is 2. The van der Waals surface area contributed by atoms with Crippen LogP contribution in [0.1, 0.15) is 42.3 Å². The van der Waals surface area contributed by atoms with Crippen molar-refractivity contribution < 1.29 is 23.9 Å². The summed E-state index contributed by atoms with van der Waals surface area (Å²) in [5.74, 6) is -1.32. The summed E-state index contributed by atoms with van der Waals surface area (Å²) in [6.07, 6.45) is 1.81. The number of anilines is 1. The Kier molecular flexibility index (Phi) is 5.70. The van der Waals surface area contributed by atoms with Crippen molar-refractivity contribution in [1.29, 1.82) is 0 Å². The number of aromatic nitrogens is 1. The number of benzene rings is 2. The van der Waals surface area contributed by atoms with Crippen molar-refractivity contribution in [3.63, 3.8) is 0 Å². The lowest BCUT2D eigenvalue weighted by molar-refractivity contribution is 0.0592. The van der Waals surface area contributed by atoms with Crippen LogP contribution in [0.4, 0.5) is 5.69 Å². The molecule has 166 valence electrons. The Hall–Kier alpha value is -4.39. The van der Waals surface area contributed by atoms with E-state index in [1.165, 1.54) is 26.4 Å². The first-order valence-corrected chi connectivity index (χ1v) is 10.2. The lowest BCUT2D eigenvalue weighted by atomic mass is 9.97. The van der Waals surface area contributed by atoms with Crippen LogP contribution in [0.5, 0.6) is 0 Å². The summed E-state index contributed by atoms with van der Waals surface area (Å²) in [5.41, 5.74) is 10.6. The lowest BCUT2D eigenvalue weighted by Gasteiger charge is -2.08. The Morgan fingerprint density at radius 2 is 1.61 bits per heavy atom. The third-order valence-corrected chi connectivity index (χ3v) is 5.60. The number of ketones is 1. The molecule has 0 saturated heterocycles. The molecule has 0 amide bonds. The number of hydrogen-bond donors (Lipinski definition) is 1. The van der Waals surface area contributed by atoms with Gasteiger partial charge in [-0.15, -0.1) is 0 Å². The smallest absolute Gasteiger partial charge is 0.339 e. The number of nitrogens with two attached hydrogens (primary N) is 1. The second kappa shape index (κ2) is 8.63. The molecule has 0 fully saturated rings. The Balaban J connectivity index is 1.91. The van der Waals surface area contributed by atoms with Crippen molar-refractivity contribution in [2.45, 2.75) is 6.92 Å². The number of ether oxygens (including phenoxy) is 2. The number of methoxy groups -OCH3 is 2. The Morgan fingerprint density at radius 1 is 0.848 bits per heavy atom. The summed E-state index contributed by atoms with van der Waals surface area (Å²) in [4.78, 5) is 37.8. The third-order valence-electron chi connectivity index (χ3n) is 5.60. The Morgan fingerprint density at radius 3 is 2.33 bits per heavy atom.